The molecule has 1 aromatic heterocycles. The molecule has 2 nitrogen and oxygen atoms in total. The van der Waals surface area contributed by atoms with Crippen LogP contribution in [-0.2, 0) is 4.74 Å². The maximum absolute atomic E-state index is 6.15. The third-order valence-corrected chi connectivity index (χ3v) is 5.95. The van der Waals surface area contributed by atoms with Crippen LogP contribution < -0.4 is 5.32 Å². The molecule has 2 heterocycles. The number of nitrogens with one attached hydrogen (secondary N) is 1. The van der Waals surface area contributed by atoms with Crippen LogP contribution in [0.3, 0.4) is 0 Å². The Hall–Kier alpha value is 0.390. The summed E-state index contributed by atoms with van der Waals surface area (Å²) in [6.45, 7) is 6.24. The zero-order valence-corrected chi connectivity index (χ0v) is 13.9. The number of halogens is 2. The van der Waals surface area contributed by atoms with Crippen LogP contribution in [0.2, 0.25) is 5.02 Å². The fourth-order valence-corrected chi connectivity index (χ4v) is 4.40. The monoisotopic (exact) mass is 351 g/mol. The summed E-state index contributed by atoms with van der Waals surface area (Å²) in [5.74, 6) is 0. The molecule has 1 saturated heterocycles. The average molecular weight is 353 g/mol. The first kappa shape index (κ1) is 14.8. The highest BCUT2D eigenvalue weighted by Crippen LogP contribution is 2.43. The van der Waals surface area contributed by atoms with E-state index in [0.29, 0.717) is 0 Å². The summed E-state index contributed by atoms with van der Waals surface area (Å²) in [5, 5.41) is 4.41. The highest BCUT2D eigenvalue weighted by molar-refractivity contribution is 9.11. The zero-order chi connectivity index (χ0) is 13.2. The molecule has 2 rings (SSSR count). The molecule has 2 unspecified atom stereocenters. The Morgan fingerprint density at radius 1 is 1.67 bits per heavy atom. The molecule has 0 aromatic carbocycles. The molecule has 1 fully saturated rings. The minimum absolute atomic E-state index is 0.108. The Balaban J connectivity index is 2.24. The summed E-state index contributed by atoms with van der Waals surface area (Å²) in [7, 11) is 0. The van der Waals surface area contributed by atoms with E-state index in [4.69, 9.17) is 16.3 Å². The van der Waals surface area contributed by atoms with Crippen molar-refractivity contribution in [2.45, 2.75) is 44.8 Å². The summed E-state index contributed by atoms with van der Waals surface area (Å²) in [6, 6.07) is 2.28. The van der Waals surface area contributed by atoms with Crippen LogP contribution in [-0.4, -0.2) is 18.8 Å². The maximum atomic E-state index is 6.15. The van der Waals surface area contributed by atoms with Crippen molar-refractivity contribution >= 4 is 38.9 Å². The first-order valence-corrected chi connectivity index (χ1v) is 8.37. The van der Waals surface area contributed by atoms with Gasteiger partial charge in [0.2, 0.25) is 0 Å². The van der Waals surface area contributed by atoms with Crippen LogP contribution in [0, 0.1) is 0 Å². The molecule has 0 bridgehead atoms. The van der Waals surface area contributed by atoms with E-state index in [2.05, 4.69) is 41.2 Å². The fourth-order valence-electron chi connectivity index (χ4n) is 2.44. The van der Waals surface area contributed by atoms with Crippen molar-refractivity contribution in [3.05, 3.63) is 19.8 Å². The molecule has 0 saturated carbocycles. The van der Waals surface area contributed by atoms with Crippen LogP contribution in [0.15, 0.2) is 9.85 Å². The second-order valence-corrected chi connectivity index (χ2v) is 7.73. The van der Waals surface area contributed by atoms with E-state index in [1.165, 1.54) is 4.88 Å². The van der Waals surface area contributed by atoms with Gasteiger partial charge in [0.05, 0.1) is 20.5 Å². The smallest absolute Gasteiger partial charge is 0.0888 e. The minimum Gasteiger partial charge on any atom is -0.373 e. The van der Waals surface area contributed by atoms with E-state index in [1.54, 1.807) is 11.3 Å². The van der Waals surface area contributed by atoms with Crippen LogP contribution in [0.5, 0.6) is 0 Å². The summed E-state index contributed by atoms with van der Waals surface area (Å²) in [4.78, 5) is 1.25. The van der Waals surface area contributed by atoms with Gasteiger partial charge in [0, 0.05) is 11.5 Å². The van der Waals surface area contributed by atoms with Crippen molar-refractivity contribution in [1.29, 1.82) is 0 Å². The van der Waals surface area contributed by atoms with E-state index < -0.39 is 0 Å². The van der Waals surface area contributed by atoms with Gasteiger partial charge in [0.1, 0.15) is 0 Å². The van der Waals surface area contributed by atoms with E-state index in [0.717, 1.165) is 41.2 Å². The third kappa shape index (κ3) is 3.10. The average Bonchev–Trinajstić information content (AvgIpc) is 2.88. The minimum atomic E-state index is -0.108. The fraction of sp³-hybridized carbons (Fsp3) is 0.692. The molecule has 1 aliphatic rings. The Bertz CT molecular complexity index is 384. The molecular weight excluding hydrogens is 334 g/mol. The first-order valence-electron chi connectivity index (χ1n) is 6.39. The molecule has 0 radical (unpaired) electrons. The molecule has 0 spiro atoms. The number of ether oxygens (including phenoxy) is 1. The summed E-state index contributed by atoms with van der Waals surface area (Å²) in [6.07, 6.45) is 3.36. The summed E-state index contributed by atoms with van der Waals surface area (Å²) >= 11 is 11.4. The second-order valence-electron chi connectivity index (χ2n) is 4.92. The molecule has 5 heteroatoms. The molecule has 2 atom stereocenters. The number of hydrogen-bond donors (Lipinski definition) is 1. The van der Waals surface area contributed by atoms with Crippen LogP contribution in [0.25, 0.3) is 0 Å². The highest BCUT2D eigenvalue weighted by atomic mass is 79.9. The molecule has 0 amide bonds. The van der Waals surface area contributed by atoms with Gasteiger partial charge in [0.15, 0.2) is 0 Å². The van der Waals surface area contributed by atoms with Crippen molar-refractivity contribution in [3.8, 4) is 0 Å². The summed E-state index contributed by atoms with van der Waals surface area (Å²) < 4.78 is 6.99. The van der Waals surface area contributed by atoms with Crippen molar-refractivity contribution < 1.29 is 4.74 Å². The maximum Gasteiger partial charge on any atom is 0.0888 e. The number of thiophene rings is 1. The van der Waals surface area contributed by atoms with Gasteiger partial charge >= 0.3 is 0 Å². The van der Waals surface area contributed by atoms with Crippen molar-refractivity contribution in [2.24, 2.45) is 0 Å². The van der Waals surface area contributed by atoms with Crippen molar-refractivity contribution in [2.75, 3.05) is 13.2 Å². The van der Waals surface area contributed by atoms with Gasteiger partial charge in [-0.05, 0) is 54.7 Å². The predicted octanol–water partition coefficient (Wildman–Crippen LogP) is 4.77. The normalized spacial score (nSPS) is 25.6. The van der Waals surface area contributed by atoms with Gasteiger partial charge in [-0.1, -0.05) is 18.5 Å². The zero-order valence-electron chi connectivity index (χ0n) is 10.8. The van der Waals surface area contributed by atoms with Gasteiger partial charge < -0.3 is 10.1 Å². The van der Waals surface area contributed by atoms with E-state index >= 15 is 0 Å². The topological polar surface area (TPSA) is 21.3 Å². The van der Waals surface area contributed by atoms with Gasteiger partial charge in [-0.3, -0.25) is 0 Å². The standard InChI is InChI=1S/C13H19BrClNOS/c1-3-6-16-11(13(2)5-4-7-17-13)10-8-9(15)12(14)18-10/h8,11,16H,3-7H2,1-2H3. The van der Waals surface area contributed by atoms with Crippen molar-refractivity contribution in [1.82, 2.24) is 5.32 Å². The summed E-state index contributed by atoms with van der Waals surface area (Å²) in [5.41, 5.74) is -0.108. The largest absolute Gasteiger partial charge is 0.373 e. The van der Waals surface area contributed by atoms with E-state index in [-0.39, 0.29) is 11.6 Å². The second kappa shape index (κ2) is 6.23. The number of hydrogen-bond acceptors (Lipinski definition) is 3. The van der Waals surface area contributed by atoms with Crippen LogP contribution >= 0.6 is 38.9 Å². The quantitative estimate of drug-likeness (QED) is 0.824. The lowest BCUT2D eigenvalue weighted by Crippen LogP contribution is -2.41. The van der Waals surface area contributed by atoms with Gasteiger partial charge in [0.25, 0.3) is 0 Å². The molecule has 0 aliphatic carbocycles. The van der Waals surface area contributed by atoms with Gasteiger partial charge in [-0.2, -0.15) is 0 Å². The number of rotatable bonds is 5. The molecule has 1 N–H and O–H groups in total. The van der Waals surface area contributed by atoms with Gasteiger partial charge in [-0.25, -0.2) is 0 Å². The molecule has 102 valence electrons. The third-order valence-electron chi connectivity index (χ3n) is 3.41. The Labute approximate surface area is 126 Å². The molecular formula is C13H19BrClNOS. The molecule has 1 aliphatic heterocycles. The van der Waals surface area contributed by atoms with E-state index in [1.807, 2.05) is 0 Å². The lowest BCUT2D eigenvalue weighted by molar-refractivity contribution is -0.0115. The van der Waals surface area contributed by atoms with Gasteiger partial charge in [-0.15, -0.1) is 11.3 Å². The lowest BCUT2D eigenvalue weighted by atomic mass is 9.91. The van der Waals surface area contributed by atoms with E-state index in [9.17, 15) is 0 Å². The lowest BCUT2D eigenvalue weighted by Gasteiger charge is -2.33. The Morgan fingerprint density at radius 3 is 2.94 bits per heavy atom. The first-order chi connectivity index (χ1) is 8.57. The predicted molar refractivity (Wildman–Crippen MR) is 81.7 cm³/mol. The SMILES string of the molecule is CCCNC(c1cc(Cl)c(Br)s1)C1(C)CCCO1. The Morgan fingerprint density at radius 2 is 2.44 bits per heavy atom. The highest BCUT2D eigenvalue weighted by Gasteiger charge is 2.40. The van der Waals surface area contributed by atoms with Crippen molar-refractivity contribution in [3.63, 3.8) is 0 Å². The van der Waals surface area contributed by atoms with Crippen LogP contribution in [0.4, 0.5) is 0 Å². The van der Waals surface area contributed by atoms with Crippen LogP contribution in [0.1, 0.15) is 44.0 Å². The Kier molecular flexibility index (Phi) is 5.12. The molecule has 18 heavy (non-hydrogen) atoms. The molecule has 1 aromatic rings.